The Balaban J connectivity index is 1.59. The molecule has 24 heavy (non-hydrogen) atoms. The van der Waals surface area contributed by atoms with Gasteiger partial charge in [-0.3, -0.25) is 4.90 Å². The van der Waals surface area contributed by atoms with Crippen molar-refractivity contribution in [3.8, 4) is 17.2 Å². The maximum absolute atomic E-state index is 9.25. The Bertz CT molecular complexity index is 630. The van der Waals surface area contributed by atoms with E-state index in [1.165, 1.54) is 0 Å². The Labute approximate surface area is 143 Å². The molecule has 5 nitrogen and oxygen atoms in total. The number of benzene rings is 1. The second kappa shape index (κ2) is 7.81. The van der Waals surface area contributed by atoms with Gasteiger partial charge in [-0.25, -0.2) is 4.98 Å². The number of oxazole rings is 1. The standard InChI is InChI=1S/C19H26N2O3/c1-21(17-7-3-14(12-22)4-8-17)11-16-13-24-19(20-16)15-5-9-18(23-2)10-6-15/h5-6,9-10,13-14,17,22H,3-4,7-8,11-12H2,1-2H3. The van der Waals surface area contributed by atoms with Gasteiger partial charge in [-0.1, -0.05) is 0 Å². The van der Waals surface area contributed by atoms with E-state index in [-0.39, 0.29) is 0 Å². The van der Waals surface area contributed by atoms with E-state index in [0.29, 0.717) is 24.5 Å². The van der Waals surface area contributed by atoms with E-state index in [1.54, 1.807) is 13.4 Å². The number of aromatic nitrogens is 1. The van der Waals surface area contributed by atoms with Gasteiger partial charge in [-0.15, -0.1) is 0 Å². The number of hydrogen-bond donors (Lipinski definition) is 1. The van der Waals surface area contributed by atoms with Crippen LogP contribution < -0.4 is 4.74 Å². The van der Waals surface area contributed by atoms with Gasteiger partial charge in [0.05, 0.1) is 12.8 Å². The number of aliphatic hydroxyl groups is 1. The van der Waals surface area contributed by atoms with E-state index in [1.807, 2.05) is 24.3 Å². The van der Waals surface area contributed by atoms with E-state index in [9.17, 15) is 5.11 Å². The molecule has 1 aliphatic rings. The molecule has 130 valence electrons. The van der Waals surface area contributed by atoms with Crippen molar-refractivity contribution >= 4 is 0 Å². The molecule has 1 fully saturated rings. The summed E-state index contributed by atoms with van der Waals surface area (Å²) in [6.45, 7) is 1.11. The van der Waals surface area contributed by atoms with Gasteiger partial charge < -0.3 is 14.3 Å². The summed E-state index contributed by atoms with van der Waals surface area (Å²) < 4.78 is 10.8. The lowest BCUT2D eigenvalue weighted by Gasteiger charge is -2.33. The van der Waals surface area contributed by atoms with Crippen molar-refractivity contribution in [3.63, 3.8) is 0 Å². The van der Waals surface area contributed by atoms with Gasteiger partial charge in [0.15, 0.2) is 0 Å². The highest BCUT2D eigenvalue weighted by atomic mass is 16.5. The largest absolute Gasteiger partial charge is 0.497 e. The first-order chi connectivity index (χ1) is 11.7. The molecule has 0 spiro atoms. The van der Waals surface area contributed by atoms with Crippen LogP contribution in [-0.4, -0.2) is 41.8 Å². The van der Waals surface area contributed by atoms with Crippen LogP contribution in [0.4, 0.5) is 0 Å². The molecule has 3 rings (SSSR count). The normalized spacial score (nSPS) is 21.2. The fourth-order valence-electron chi connectivity index (χ4n) is 3.40. The average molecular weight is 330 g/mol. The highest BCUT2D eigenvalue weighted by Gasteiger charge is 2.24. The highest BCUT2D eigenvalue weighted by molar-refractivity contribution is 5.54. The van der Waals surface area contributed by atoms with Crippen LogP contribution in [0.25, 0.3) is 11.5 Å². The average Bonchev–Trinajstić information content (AvgIpc) is 3.10. The summed E-state index contributed by atoms with van der Waals surface area (Å²) in [5.74, 6) is 1.96. The van der Waals surface area contributed by atoms with Crippen LogP contribution in [0, 0.1) is 5.92 Å². The van der Waals surface area contributed by atoms with Crippen LogP contribution in [0.1, 0.15) is 31.4 Å². The number of aliphatic hydroxyl groups excluding tert-OH is 1. The van der Waals surface area contributed by atoms with Crippen LogP contribution in [0.2, 0.25) is 0 Å². The predicted octanol–water partition coefficient (Wildman–Crippen LogP) is 3.33. The van der Waals surface area contributed by atoms with Crippen molar-refractivity contribution in [2.45, 2.75) is 38.3 Å². The molecular weight excluding hydrogens is 304 g/mol. The highest BCUT2D eigenvalue weighted by Crippen LogP contribution is 2.28. The third kappa shape index (κ3) is 3.97. The summed E-state index contributed by atoms with van der Waals surface area (Å²) in [7, 11) is 3.80. The lowest BCUT2D eigenvalue weighted by Crippen LogP contribution is -2.35. The number of methoxy groups -OCH3 is 1. The van der Waals surface area contributed by atoms with Gasteiger partial charge in [-0.2, -0.15) is 0 Å². The van der Waals surface area contributed by atoms with Crippen molar-refractivity contribution in [2.75, 3.05) is 20.8 Å². The monoisotopic (exact) mass is 330 g/mol. The van der Waals surface area contributed by atoms with Crippen LogP contribution in [0.5, 0.6) is 5.75 Å². The Morgan fingerprint density at radius 2 is 1.92 bits per heavy atom. The molecular formula is C19H26N2O3. The quantitative estimate of drug-likeness (QED) is 0.880. The Kier molecular flexibility index (Phi) is 5.53. The molecule has 1 heterocycles. The van der Waals surface area contributed by atoms with E-state index in [0.717, 1.165) is 49.2 Å². The minimum atomic E-state index is 0.324. The molecule has 1 saturated carbocycles. The zero-order chi connectivity index (χ0) is 16.9. The zero-order valence-corrected chi connectivity index (χ0v) is 14.4. The van der Waals surface area contributed by atoms with Gasteiger partial charge >= 0.3 is 0 Å². The maximum atomic E-state index is 9.25. The number of nitrogens with zero attached hydrogens (tertiary/aromatic N) is 2. The van der Waals surface area contributed by atoms with Gasteiger partial charge in [-0.05, 0) is 62.9 Å². The molecule has 1 aromatic carbocycles. The first-order valence-corrected chi connectivity index (χ1v) is 8.59. The van der Waals surface area contributed by atoms with E-state index >= 15 is 0 Å². The molecule has 2 aromatic rings. The Morgan fingerprint density at radius 1 is 1.21 bits per heavy atom. The number of rotatable bonds is 6. The van der Waals surface area contributed by atoms with E-state index < -0.39 is 0 Å². The summed E-state index contributed by atoms with van der Waals surface area (Å²) >= 11 is 0. The van der Waals surface area contributed by atoms with Crippen molar-refractivity contribution in [1.82, 2.24) is 9.88 Å². The SMILES string of the molecule is COc1ccc(-c2nc(CN(C)C3CCC(CO)CC3)co2)cc1. The van der Waals surface area contributed by atoms with Gasteiger partial charge in [0, 0.05) is 24.8 Å². The molecule has 1 aromatic heterocycles. The van der Waals surface area contributed by atoms with Crippen LogP contribution >= 0.6 is 0 Å². The first-order valence-electron chi connectivity index (χ1n) is 8.59. The van der Waals surface area contributed by atoms with Crippen molar-refractivity contribution < 1.29 is 14.3 Å². The van der Waals surface area contributed by atoms with Crippen molar-refractivity contribution in [1.29, 1.82) is 0 Å². The minimum Gasteiger partial charge on any atom is -0.497 e. The summed E-state index contributed by atoms with van der Waals surface area (Å²) in [6, 6.07) is 8.28. The maximum Gasteiger partial charge on any atom is 0.226 e. The van der Waals surface area contributed by atoms with E-state index in [4.69, 9.17) is 9.15 Å². The Morgan fingerprint density at radius 3 is 2.54 bits per heavy atom. The lowest BCUT2D eigenvalue weighted by atomic mass is 9.86. The molecule has 0 amide bonds. The van der Waals surface area contributed by atoms with Gasteiger partial charge in [0.1, 0.15) is 12.0 Å². The van der Waals surface area contributed by atoms with Crippen LogP contribution in [-0.2, 0) is 6.54 Å². The molecule has 5 heteroatoms. The third-order valence-corrected chi connectivity index (χ3v) is 5.00. The molecule has 0 atom stereocenters. The fourth-order valence-corrected chi connectivity index (χ4v) is 3.40. The predicted molar refractivity (Wildman–Crippen MR) is 92.8 cm³/mol. The Hall–Kier alpha value is -1.85. The van der Waals surface area contributed by atoms with Crippen molar-refractivity contribution in [2.24, 2.45) is 5.92 Å². The van der Waals surface area contributed by atoms with Gasteiger partial charge in [0.25, 0.3) is 0 Å². The van der Waals surface area contributed by atoms with Crippen molar-refractivity contribution in [3.05, 3.63) is 36.2 Å². The van der Waals surface area contributed by atoms with Gasteiger partial charge in [0.2, 0.25) is 5.89 Å². The summed E-state index contributed by atoms with van der Waals surface area (Å²) in [6.07, 6.45) is 6.26. The second-order valence-electron chi connectivity index (χ2n) is 6.64. The fraction of sp³-hybridized carbons (Fsp3) is 0.526. The minimum absolute atomic E-state index is 0.324. The summed E-state index contributed by atoms with van der Waals surface area (Å²) in [5.41, 5.74) is 1.90. The molecule has 0 bridgehead atoms. The molecule has 0 unspecified atom stereocenters. The smallest absolute Gasteiger partial charge is 0.226 e. The molecule has 0 saturated heterocycles. The summed E-state index contributed by atoms with van der Waals surface area (Å²) in [5, 5.41) is 9.25. The molecule has 0 radical (unpaired) electrons. The number of ether oxygens (including phenoxy) is 1. The second-order valence-corrected chi connectivity index (χ2v) is 6.64. The lowest BCUT2D eigenvalue weighted by molar-refractivity contribution is 0.123. The third-order valence-electron chi connectivity index (χ3n) is 5.00. The molecule has 1 aliphatic carbocycles. The zero-order valence-electron chi connectivity index (χ0n) is 14.4. The molecule has 1 N–H and O–H groups in total. The first kappa shape index (κ1) is 17.0. The van der Waals surface area contributed by atoms with E-state index in [2.05, 4.69) is 16.9 Å². The number of hydrogen-bond acceptors (Lipinski definition) is 5. The topological polar surface area (TPSA) is 58.7 Å². The van der Waals surface area contributed by atoms with Crippen LogP contribution in [0.15, 0.2) is 34.9 Å². The molecule has 0 aliphatic heterocycles. The van der Waals surface area contributed by atoms with Crippen LogP contribution in [0.3, 0.4) is 0 Å². The summed E-state index contributed by atoms with van der Waals surface area (Å²) in [4.78, 5) is 6.96.